The number of hydrogen-bond acceptors (Lipinski definition) is 3. The lowest BCUT2D eigenvalue weighted by Crippen LogP contribution is -2.32. The Morgan fingerprint density at radius 3 is 2.61 bits per heavy atom. The topological polar surface area (TPSA) is 72.2 Å². The van der Waals surface area contributed by atoms with Gasteiger partial charge in [-0.25, -0.2) is 17.5 Å². The second kappa shape index (κ2) is 4.85. The number of hydrogen-bond donors (Lipinski definition) is 2. The molecule has 0 spiro atoms. The summed E-state index contributed by atoms with van der Waals surface area (Å²) in [4.78, 5) is -0.109. The van der Waals surface area contributed by atoms with Gasteiger partial charge in [0.05, 0.1) is 4.90 Å². The number of nitrogen functional groups attached to an aromatic ring is 1. The van der Waals surface area contributed by atoms with Crippen LogP contribution >= 0.6 is 0 Å². The maximum absolute atomic E-state index is 13.5. The number of nitrogens with one attached hydrogen (secondary N) is 1. The fourth-order valence-corrected chi connectivity index (χ4v) is 3.00. The summed E-state index contributed by atoms with van der Waals surface area (Å²) in [5.41, 5.74) is 6.00. The normalized spacial score (nSPS) is 16.6. The SMILES string of the molecule is Cc1c(N)cc(S(=O)(=O)NCC2CCC2)cc1F. The van der Waals surface area contributed by atoms with Crippen molar-refractivity contribution in [3.63, 3.8) is 0 Å². The van der Waals surface area contributed by atoms with E-state index < -0.39 is 15.8 Å². The van der Waals surface area contributed by atoms with Crippen LogP contribution < -0.4 is 10.5 Å². The standard InChI is InChI=1S/C12H17FN2O2S/c1-8-11(13)5-10(6-12(8)14)18(16,17)15-7-9-3-2-4-9/h5-6,9,15H,2-4,7,14H2,1H3. The zero-order valence-electron chi connectivity index (χ0n) is 10.2. The van der Waals surface area contributed by atoms with Crippen molar-refractivity contribution in [1.82, 2.24) is 4.72 Å². The molecule has 1 aromatic rings. The van der Waals surface area contributed by atoms with E-state index in [4.69, 9.17) is 5.73 Å². The van der Waals surface area contributed by atoms with E-state index in [0.29, 0.717) is 12.5 Å². The molecule has 1 saturated carbocycles. The molecule has 1 fully saturated rings. The van der Waals surface area contributed by atoms with Crippen LogP contribution in [0.25, 0.3) is 0 Å². The fourth-order valence-electron chi connectivity index (χ4n) is 1.84. The summed E-state index contributed by atoms with van der Waals surface area (Å²) in [6.07, 6.45) is 3.25. The van der Waals surface area contributed by atoms with Gasteiger partial charge in [0.1, 0.15) is 5.82 Å². The first-order valence-corrected chi connectivity index (χ1v) is 7.44. The number of sulfonamides is 1. The van der Waals surface area contributed by atoms with Gasteiger partial charge in [-0.3, -0.25) is 0 Å². The molecule has 0 unspecified atom stereocenters. The van der Waals surface area contributed by atoms with Gasteiger partial charge in [-0.1, -0.05) is 6.42 Å². The van der Waals surface area contributed by atoms with Gasteiger partial charge in [-0.15, -0.1) is 0 Å². The Balaban J connectivity index is 2.18. The minimum absolute atomic E-state index is 0.109. The molecule has 0 aromatic heterocycles. The monoisotopic (exact) mass is 272 g/mol. The lowest BCUT2D eigenvalue weighted by molar-refractivity contribution is 0.316. The summed E-state index contributed by atoms with van der Waals surface area (Å²) in [5, 5.41) is 0. The Morgan fingerprint density at radius 2 is 2.11 bits per heavy atom. The number of halogens is 1. The number of rotatable bonds is 4. The molecule has 18 heavy (non-hydrogen) atoms. The summed E-state index contributed by atoms with van der Waals surface area (Å²) in [7, 11) is -3.66. The molecule has 1 aliphatic carbocycles. The van der Waals surface area contributed by atoms with Crippen LogP contribution in [0, 0.1) is 18.7 Å². The van der Waals surface area contributed by atoms with Gasteiger partial charge < -0.3 is 5.73 Å². The number of benzene rings is 1. The number of anilines is 1. The smallest absolute Gasteiger partial charge is 0.240 e. The molecule has 100 valence electrons. The molecule has 0 saturated heterocycles. The van der Waals surface area contributed by atoms with Crippen molar-refractivity contribution in [2.24, 2.45) is 5.92 Å². The largest absolute Gasteiger partial charge is 0.398 e. The predicted molar refractivity (Wildman–Crippen MR) is 68.1 cm³/mol. The average Bonchev–Trinajstić information content (AvgIpc) is 2.22. The summed E-state index contributed by atoms with van der Waals surface area (Å²) < 4.78 is 39.9. The molecule has 0 radical (unpaired) electrons. The molecule has 0 amide bonds. The molecule has 3 N–H and O–H groups in total. The van der Waals surface area contributed by atoms with Gasteiger partial charge in [-0.05, 0) is 37.8 Å². The second-order valence-electron chi connectivity index (χ2n) is 4.77. The summed E-state index contributed by atoms with van der Waals surface area (Å²) in [6, 6.07) is 2.30. The van der Waals surface area contributed by atoms with E-state index in [1.807, 2.05) is 0 Å². The molecule has 1 aliphatic rings. The van der Waals surface area contributed by atoms with Crippen LogP contribution in [0.5, 0.6) is 0 Å². The van der Waals surface area contributed by atoms with Crippen molar-refractivity contribution in [2.75, 3.05) is 12.3 Å². The van der Waals surface area contributed by atoms with Crippen molar-refractivity contribution in [2.45, 2.75) is 31.1 Å². The van der Waals surface area contributed by atoms with Crippen molar-refractivity contribution in [3.05, 3.63) is 23.5 Å². The van der Waals surface area contributed by atoms with E-state index in [1.54, 1.807) is 0 Å². The van der Waals surface area contributed by atoms with Crippen molar-refractivity contribution >= 4 is 15.7 Å². The molecule has 2 rings (SSSR count). The Labute approximate surface area is 106 Å². The molecule has 0 aliphatic heterocycles. The van der Waals surface area contributed by atoms with E-state index in [2.05, 4.69) is 4.72 Å². The molecule has 1 aromatic carbocycles. The van der Waals surface area contributed by atoms with Gasteiger partial charge in [-0.2, -0.15) is 0 Å². The first-order valence-electron chi connectivity index (χ1n) is 5.95. The lowest BCUT2D eigenvalue weighted by Gasteiger charge is -2.25. The van der Waals surface area contributed by atoms with Crippen LogP contribution in [0.3, 0.4) is 0 Å². The molecular weight excluding hydrogens is 255 g/mol. The van der Waals surface area contributed by atoms with Crippen LogP contribution in [0.4, 0.5) is 10.1 Å². The minimum atomic E-state index is -3.66. The van der Waals surface area contributed by atoms with Gasteiger partial charge in [0.25, 0.3) is 0 Å². The molecular formula is C12H17FN2O2S. The molecule has 0 atom stereocenters. The quantitative estimate of drug-likeness (QED) is 0.821. The Morgan fingerprint density at radius 1 is 1.44 bits per heavy atom. The second-order valence-corrected chi connectivity index (χ2v) is 6.54. The van der Waals surface area contributed by atoms with Crippen LogP contribution in [-0.4, -0.2) is 15.0 Å². The van der Waals surface area contributed by atoms with E-state index >= 15 is 0 Å². The predicted octanol–water partition coefficient (Wildman–Crippen LogP) is 1.79. The lowest BCUT2D eigenvalue weighted by atomic mass is 9.86. The molecule has 0 bridgehead atoms. The van der Waals surface area contributed by atoms with Crippen LogP contribution in [-0.2, 0) is 10.0 Å². The van der Waals surface area contributed by atoms with E-state index in [9.17, 15) is 12.8 Å². The van der Waals surface area contributed by atoms with Gasteiger partial charge >= 0.3 is 0 Å². The highest BCUT2D eigenvalue weighted by molar-refractivity contribution is 7.89. The maximum atomic E-state index is 13.5. The highest BCUT2D eigenvalue weighted by Gasteiger charge is 2.22. The highest BCUT2D eigenvalue weighted by Crippen LogP contribution is 2.26. The fraction of sp³-hybridized carbons (Fsp3) is 0.500. The highest BCUT2D eigenvalue weighted by atomic mass is 32.2. The van der Waals surface area contributed by atoms with Gasteiger partial charge in [0, 0.05) is 17.8 Å². The third kappa shape index (κ3) is 2.64. The maximum Gasteiger partial charge on any atom is 0.240 e. The Hall–Kier alpha value is -1.14. The van der Waals surface area contributed by atoms with Gasteiger partial charge in [0.15, 0.2) is 0 Å². The van der Waals surface area contributed by atoms with Crippen molar-refractivity contribution < 1.29 is 12.8 Å². The van der Waals surface area contributed by atoms with Crippen LogP contribution in [0.2, 0.25) is 0 Å². The minimum Gasteiger partial charge on any atom is -0.398 e. The first-order chi connectivity index (χ1) is 8.40. The van der Waals surface area contributed by atoms with Gasteiger partial charge in [0.2, 0.25) is 10.0 Å². The summed E-state index contributed by atoms with van der Waals surface area (Å²) >= 11 is 0. The molecule has 0 heterocycles. The molecule has 4 nitrogen and oxygen atoms in total. The van der Waals surface area contributed by atoms with Crippen molar-refractivity contribution in [3.8, 4) is 0 Å². The first kappa shape index (κ1) is 13.3. The summed E-state index contributed by atoms with van der Waals surface area (Å²) in [5.74, 6) is -0.188. The number of nitrogens with two attached hydrogens (primary N) is 1. The Kier molecular flexibility index (Phi) is 3.59. The Bertz CT molecular complexity index is 530. The zero-order chi connectivity index (χ0) is 13.3. The third-order valence-corrected chi connectivity index (χ3v) is 4.86. The third-order valence-electron chi connectivity index (χ3n) is 3.46. The molecule has 6 heteroatoms. The van der Waals surface area contributed by atoms with E-state index in [1.165, 1.54) is 13.0 Å². The van der Waals surface area contributed by atoms with Crippen LogP contribution in [0.1, 0.15) is 24.8 Å². The average molecular weight is 272 g/mol. The van der Waals surface area contributed by atoms with Crippen molar-refractivity contribution in [1.29, 1.82) is 0 Å². The van der Waals surface area contributed by atoms with E-state index in [0.717, 1.165) is 25.3 Å². The van der Waals surface area contributed by atoms with E-state index in [-0.39, 0.29) is 16.1 Å². The zero-order valence-corrected chi connectivity index (χ0v) is 11.1. The summed E-state index contributed by atoms with van der Waals surface area (Å²) in [6.45, 7) is 1.93. The van der Waals surface area contributed by atoms with Crippen LogP contribution in [0.15, 0.2) is 17.0 Å².